The van der Waals surface area contributed by atoms with Crippen LogP contribution in [0.15, 0.2) is 60.0 Å². The van der Waals surface area contributed by atoms with Crippen molar-refractivity contribution in [3.05, 3.63) is 71.2 Å². The summed E-state index contributed by atoms with van der Waals surface area (Å²) in [5, 5.41) is 0. The Bertz CT molecular complexity index is 829. The normalized spacial score (nSPS) is 16.4. The average Bonchev–Trinajstić information content (AvgIpc) is 2.63. The van der Waals surface area contributed by atoms with Gasteiger partial charge in [-0.1, -0.05) is 59.7 Å². The standard InChI is InChI=1S/C18H14B2O6/c1-11-3-7-13(8-4-11)19-23-15-16(17(21)25-19)24-20(26-18(15)22)14-9-5-12(2)6-10-14/h3-10H,1-2H3. The van der Waals surface area contributed by atoms with Crippen LogP contribution in [0.1, 0.15) is 11.1 Å². The number of hydrogen-bond acceptors (Lipinski definition) is 6. The number of benzene rings is 2. The zero-order valence-corrected chi connectivity index (χ0v) is 14.2. The van der Waals surface area contributed by atoms with E-state index in [1.807, 2.05) is 38.1 Å². The lowest BCUT2D eigenvalue weighted by Gasteiger charge is -2.30. The highest BCUT2D eigenvalue weighted by atomic mass is 16.7. The molecule has 2 aromatic rings. The molecule has 2 heterocycles. The molecular formula is C18H14B2O6. The predicted octanol–water partition coefficient (Wildman–Crippen LogP) is 0.752. The summed E-state index contributed by atoms with van der Waals surface area (Å²) in [6.45, 7) is 3.88. The van der Waals surface area contributed by atoms with Crippen LogP contribution in [0.3, 0.4) is 0 Å². The minimum absolute atomic E-state index is 0.268. The van der Waals surface area contributed by atoms with Crippen molar-refractivity contribution in [1.29, 1.82) is 0 Å². The molecule has 0 spiro atoms. The highest BCUT2D eigenvalue weighted by molar-refractivity contribution is 6.66. The van der Waals surface area contributed by atoms with Crippen LogP contribution in [-0.4, -0.2) is 26.2 Å². The van der Waals surface area contributed by atoms with Crippen molar-refractivity contribution in [2.75, 3.05) is 0 Å². The Morgan fingerprint density at radius 1 is 0.577 bits per heavy atom. The Kier molecular flexibility index (Phi) is 3.95. The van der Waals surface area contributed by atoms with Crippen LogP contribution < -0.4 is 10.9 Å². The molecule has 0 aliphatic carbocycles. The second-order valence-electron chi connectivity index (χ2n) is 6.19. The van der Waals surface area contributed by atoms with Gasteiger partial charge in [0.2, 0.25) is 11.5 Å². The van der Waals surface area contributed by atoms with Crippen molar-refractivity contribution in [3.63, 3.8) is 0 Å². The molecule has 0 atom stereocenters. The van der Waals surface area contributed by atoms with Gasteiger partial charge in [0.15, 0.2) is 0 Å². The van der Waals surface area contributed by atoms with Crippen LogP contribution in [0, 0.1) is 13.8 Å². The molecule has 0 saturated carbocycles. The van der Waals surface area contributed by atoms with Gasteiger partial charge in [-0.05, 0) is 13.8 Å². The molecule has 0 radical (unpaired) electrons. The first-order valence-electron chi connectivity index (χ1n) is 8.14. The largest absolute Gasteiger partial charge is 0.635 e. The summed E-state index contributed by atoms with van der Waals surface area (Å²) in [5.74, 6) is -2.05. The SMILES string of the molecule is Cc1ccc(B2OC(=O)C3=C(O2)C(=O)OB(c2ccc(C)cc2)O3)cc1. The Balaban J connectivity index is 1.61. The second-order valence-corrected chi connectivity index (χ2v) is 6.19. The Labute approximate surface area is 151 Å². The van der Waals surface area contributed by atoms with Gasteiger partial charge in [0.05, 0.1) is 0 Å². The van der Waals surface area contributed by atoms with E-state index in [4.69, 9.17) is 18.6 Å². The van der Waals surface area contributed by atoms with E-state index in [1.54, 1.807) is 24.3 Å². The maximum atomic E-state index is 12.4. The Hall–Kier alpha value is -3.15. The van der Waals surface area contributed by atoms with Crippen molar-refractivity contribution in [3.8, 4) is 0 Å². The van der Waals surface area contributed by atoms with Crippen molar-refractivity contribution >= 4 is 37.1 Å². The zero-order valence-electron chi connectivity index (χ0n) is 14.2. The van der Waals surface area contributed by atoms with E-state index in [2.05, 4.69) is 0 Å². The first kappa shape index (κ1) is 16.3. The molecule has 0 N–H and O–H groups in total. The molecule has 0 unspecified atom stereocenters. The van der Waals surface area contributed by atoms with Crippen LogP contribution in [0.5, 0.6) is 0 Å². The molecule has 0 fully saturated rings. The van der Waals surface area contributed by atoms with E-state index in [9.17, 15) is 9.59 Å². The van der Waals surface area contributed by atoms with Crippen LogP contribution >= 0.6 is 0 Å². The first-order valence-corrected chi connectivity index (χ1v) is 8.14. The third-order valence-corrected chi connectivity index (χ3v) is 4.15. The lowest BCUT2D eigenvalue weighted by Crippen LogP contribution is -2.50. The fourth-order valence-corrected chi connectivity index (χ4v) is 2.67. The third-order valence-electron chi connectivity index (χ3n) is 4.15. The van der Waals surface area contributed by atoms with E-state index >= 15 is 0 Å². The molecule has 0 amide bonds. The number of carbonyl (C=O) groups is 2. The minimum Gasteiger partial charge on any atom is -0.514 e. The highest BCUT2D eigenvalue weighted by Crippen LogP contribution is 2.24. The van der Waals surface area contributed by atoms with E-state index < -0.39 is 26.2 Å². The van der Waals surface area contributed by atoms with Crippen molar-refractivity contribution in [1.82, 2.24) is 0 Å². The minimum atomic E-state index is -1.02. The van der Waals surface area contributed by atoms with E-state index in [1.165, 1.54) is 0 Å². The maximum absolute atomic E-state index is 12.4. The predicted molar refractivity (Wildman–Crippen MR) is 94.5 cm³/mol. The molecular weight excluding hydrogens is 334 g/mol. The molecule has 2 aromatic carbocycles. The molecule has 4 rings (SSSR count). The summed E-state index contributed by atoms with van der Waals surface area (Å²) in [7, 11) is -2.04. The lowest BCUT2D eigenvalue weighted by atomic mass is 9.76. The number of aryl methyl sites for hydroxylation is 2. The summed E-state index contributed by atoms with van der Waals surface area (Å²) < 4.78 is 21.6. The smallest absolute Gasteiger partial charge is 0.514 e. The van der Waals surface area contributed by atoms with E-state index in [-0.39, 0.29) is 11.5 Å². The quantitative estimate of drug-likeness (QED) is 0.747. The summed E-state index contributed by atoms with van der Waals surface area (Å²) in [5.41, 5.74) is 3.34. The van der Waals surface area contributed by atoms with Gasteiger partial charge in [-0.15, -0.1) is 0 Å². The molecule has 0 bridgehead atoms. The highest BCUT2D eigenvalue weighted by Gasteiger charge is 2.48. The maximum Gasteiger partial charge on any atom is 0.635 e. The van der Waals surface area contributed by atoms with Gasteiger partial charge in [0, 0.05) is 10.9 Å². The van der Waals surface area contributed by atoms with E-state index in [0.29, 0.717) is 10.9 Å². The van der Waals surface area contributed by atoms with Crippen molar-refractivity contribution in [2.24, 2.45) is 0 Å². The van der Waals surface area contributed by atoms with Gasteiger partial charge in [-0.25, -0.2) is 9.59 Å². The average molecular weight is 348 g/mol. The van der Waals surface area contributed by atoms with Gasteiger partial charge in [-0.3, -0.25) is 0 Å². The number of carbonyl (C=O) groups excluding carboxylic acids is 2. The van der Waals surface area contributed by atoms with Gasteiger partial charge in [0.25, 0.3) is 0 Å². The van der Waals surface area contributed by atoms with Gasteiger partial charge in [0.1, 0.15) is 0 Å². The zero-order chi connectivity index (χ0) is 18.3. The molecule has 6 nitrogen and oxygen atoms in total. The van der Waals surface area contributed by atoms with Crippen LogP contribution in [-0.2, 0) is 28.2 Å². The second kappa shape index (κ2) is 6.29. The molecule has 26 heavy (non-hydrogen) atoms. The molecule has 128 valence electrons. The van der Waals surface area contributed by atoms with Crippen molar-refractivity contribution in [2.45, 2.75) is 13.8 Å². The third kappa shape index (κ3) is 2.94. The summed E-state index contributed by atoms with van der Waals surface area (Å²) in [6.07, 6.45) is 0. The number of rotatable bonds is 2. The molecule has 2 aliphatic rings. The monoisotopic (exact) mass is 348 g/mol. The molecule has 0 aromatic heterocycles. The fourth-order valence-electron chi connectivity index (χ4n) is 2.67. The Morgan fingerprint density at radius 3 is 1.27 bits per heavy atom. The summed E-state index contributed by atoms with van der Waals surface area (Å²) in [6, 6.07) is 14.5. The van der Waals surface area contributed by atoms with Crippen LogP contribution in [0.25, 0.3) is 0 Å². The Morgan fingerprint density at radius 2 is 0.923 bits per heavy atom. The van der Waals surface area contributed by atoms with Gasteiger partial charge >= 0.3 is 26.2 Å². The fraction of sp³-hybridized carbons (Fsp3) is 0.111. The topological polar surface area (TPSA) is 71.1 Å². The summed E-state index contributed by atoms with van der Waals surface area (Å²) in [4.78, 5) is 24.7. The van der Waals surface area contributed by atoms with Crippen molar-refractivity contribution < 1.29 is 28.2 Å². The molecule has 0 saturated heterocycles. The van der Waals surface area contributed by atoms with Gasteiger partial charge < -0.3 is 18.6 Å². The van der Waals surface area contributed by atoms with Crippen LogP contribution in [0.2, 0.25) is 0 Å². The molecule has 2 aliphatic heterocycles. The van der Waals surface area contributed by atoms with E-state index in [0.717, 1.165) is 11.1 Å². The molecule has 8 heteroatoms. The lowest BCUT2D eigenvalue weighted by molar-refractivity contribution is -0.144. The number of hydrogen-bond donors (Lipinski definition) is 0. The summed E-state index contributed by atoms with van der Waals surface area (Å²) >= 11 is 0. The first-order chi connectivity index (χ1) is 12.5. The van der Waals surface area contributed by atoms with Crippen LogP contribution in [0.4, 0.5) is 0 Å². The van der Waals surface area contributed by atoms with Gasteiger partial charge in [-0.2, -0.15) is 0 Å².